The predicted molar refractivity (Wildman–Crippen MR) is 269 cm³/mol. The number of fused-ring (bicyclic) bond motifs is 20. The number of aliphatic carboxylic acids is 2. The molecule has 8 bridgehead atoms. The van der Waals surface area contributed by atoms with Crippen molar-refractivity contribution in [2.75, 3.05) is 13.2 Å². The smallest absolute Gasteiger partial charge is 0.303 e. The van der Waals surface area contributed by atoms with Gasteiger partial charge in [-0.15, -0.1) is 0 Å². The Kier molecular flexibility index (Phi) is 10.6. The van der Waals surface area contributed by atoms with Gasteiger partial charge in [0.05, 0.1) is 60.8 Å². The number of benzene rings is 6. The summed E-state index contributed by atoms with van der Waals surface area (Å²) in [4.78, 5) is 33.3. The Morgan fingerprint density at radius 2 is 0.765 bits per heavy atom. The molecule has 68 heavy (non-hydrogen) atoms. The van der Waals surface area contributed by atoms with Crippen LogP contribution < -0.4 is 9.47 Å². The molecule has 2 N–H and O–H groups in total. The maximum atomic E-state index is 11.2. The highest BCUT2D eigenvalue weighted by Gasteiger charge is 2.23. The molecule has 10 nitrogen and oxygen atoms in total. The summed E-state index contributed by atoms with van der Waals surface area (Å²) >= 11 is 0. The van der Waals surface area contributed by atoms with Gasteiger partial charge in [0, 0.05) is 80.1 Å². The molecule has 0 atom stereocenters. The van der Waals surface area contributed by atoms with Crippen LogP contribution in [0.25, 0.3) is 100 Å². The maximum Gasteiger partial charge on any atom is 0.303 e. The van der Waals surface area contributed by atoms with E-state index in [2.05, 4.69) is 81.9 Å². The van der Waals surface area contributed by atoms with Crippen LogP contribution >= 0.6 is 0 Å². The van der Waals surface area contributed by atoms with Crippen LogP contribution in [-0.4, -0.2) is 54.5 Å². The number of carboxylic acids is 2. The van der Waals surface area contributed by atoms with Gasteiger partial charge in [-0.05, 0) is 74.2 Å². The molecule has 0 amide bonds. The van der Waals surface area contributed by atoms with E-state index in [0.29, 0.717) is 48.6 Å². The van der Waals surface area contributed by atoms with Crippen LogP contribution in [0.1, 0.15) is 41.3 Å². The first-order valence-electron chi connectivity index (χ1n) is 23.9. The second-order valence-corrected chi connectivity index (χ2v) is 16.9. The molecular formula is C58H46N4O6. The van der Waals surface area contributed by atoms with E-state index in [9.17, 15) is 22.5 Å². The third-order valence-electron chi connectivity index (χ3n) is 12.5. The molecule has 0 aliphatic carbocycles. The van der Waals surface area contributed by atoms with E-state index in [1.165, 1.54) is 0 Å². The SMILES string of the molecule is [2H]c1c(OCCCCC(=O)O)cccc1-n1c2cc3nc(cc4c5ccccc5c(cc5nc(cc1c1ccccc12)-c1ccccc1-5)n4-c1cccc(OCCCCC(=O)O)c1[2H])-c1ccccc1-3. The summed E-state index contributed by atoms with van der Waals surface area (Å²) in [7, 11) is 0. The minimum absolute atomic E-state index is 0.0541. The summed E-state index contributed by atoms with van der Waals surface area (Å²) in [6, 6.07) is 52.8. The summed E-state index contributed by atoms with van der Waals surface area (Å²) in [6.45, 7) is 0.550. The number of carboxylic acid groups (broad SMARTS) is 2. The van der Waals surface area contributed by atoms with Gasteiger partial charge in [-0.3, -0.25) is 9.59 Å². The van der Waals surface area contributed by atoms with Crippen LogP contribution in [0.5, 0.6) is 11.5 Å². The Labute approximate surface area is 394 Å². The Bertz CT molecular complexity index is 3340. The number of carbonyl (C=O) groups is 2. The van der Waals surface area contributed by atoms with Gasteiger partial charge >= 0.3 is 11.9 Å². The topological polar surface area (TPSA) is 129 Å². The standard InChI is InChI=1S/C58H46N4O6/c63-57(64)27-9-11-29-67-39-17-13-15-37(31-39)61-53-33-49-41-19-1-2-20-42(41)50(59-49)34-54-47-25-7-8-26-48(47)56(62(54)38-16-14-18-40(32-38)68-30-12-10-28-58(65)66)36-52-44-22-4-3-21-43(44)51(60-52)35-55(61)46-24-6-5-23-45(46)53/h1-8,13-26,31-36H,9-12,27-30H2,(H,63,64)(H,65,66)/i31D,32D. The molecule has 0 fully saturated rings. The molecule has 2 aliphatic heterocycles. The number of unbranched alkanes of at least 4 members (excludes halogenated alkanes) is 2. The number of rotatable bonds is 14. The third-order valence-corrected chi connectivity index (χ3v) is 12.5. The number of hydrogen-bond acceptors (Lipinski definition) is 6. The van der Waals surface area contributed by atoms with E-state index < -0.39 is 11.9 Å². The summed E-state index contributed by atoms with van der Waals surface area (Å²) in [5, 5.41) is 22.2. The Hall–Kier alpha value is -8.50. The zero-order chi connectivity index (χ0) is 47.9. The van der Waals surface area contributed by atoms with Crippen molar-refractivity contribution in [1.29, 1.82) is 0 Å². The van der Waals surface area contributed by atoms with Gasteiger partial charge in [0.1, 0.15) is 11.5 Å². The van der Waals surface area contributed by atoms with Crippen molar-refractivity contribution in [2.45, 2.75) is 38.5 Å². The van der Waals surface area contributed by atoms with Crippen molar-refractivity contribution in [3.05, 3.63) is 170 Å². The van der Waals surface area contributed by atoms with Gasteiger partial charge in [-0.1, -0.05) is 109 Å². The Morgan fingerprint density at radius 1 is 0.441 bits per heavy atom. The molecule has 0 saturated heterocycles. The highest BCUT2D eigenvalue weighted by Crippen LogP contribution is 2.43. The highest BCUT2D eigenvalue weighted by atomic mass is 16.5. The predicted octanol–water partition coefficient (Wildman–Crippen LogP) is 13.5. The number of ether oxygens (including phenoxy) is 2. The average molecular weight is 897 g/mol. The molecule has 5 heterocycles. The lowest BCUT2D eigenvalue weighted by Gasteiger charge is -2.11. The first kappa shape index (κ1) is 39.8. The summed E-state index contributed by atoms with van der Waals surface area (Å²) in [5.41, 5.74) is 11.1. The average Bonchev–Trinajstić information content (AvgIpc) is 4.08. The molecule has 0 unspecified atom stereocenters. The second-order valence-electron chi connectivity index (χ2n) is 16.9. The molecule has 6 aromatic carbocycles. The van der Waals surface area contributed by atoms with Crippen LogP contribution in [0.4, 0.5) is 0 Å². The Morgan fingerprint density at radius 3 is 1.09 bits per heavy atom. The van der Waals surface area contributed by atoms with Crippen molar-refractivity contribution in [2.24, 2.45) is 0 Å². The molecule has 9 aromatic rings. The fourth-order valence-electron chi connectivity index (χ4n) is 9.43. The first-order chi connectivity index (χ1) is 34.2. The molecule has 0 radical (unpaired) electrons. The van der Waals surface area contributed by atoms with Gasteiger partial charge in [0.25, 0.3) is 0 Å². The quantitative estimate of drug-likeness (QED) is 0.103. The zero-order valence-corrected chi connectivity index (χ0v) is 37.0. The van der Waals surface area contributed by atoms with Gasteiger partial charge in [0.2, 0.25) is 0 Å². The van der Waals surface area contributed by atoms with Crippen LogP contribution in [0.15, 0.2) is 170 Å². The molecule has 0 saturated carbocycles. The lowest BCUT2D eigenvalue weighted by atomic mass is 10.0. The minimum atomic E-state index is -0.849. The van der Waals surface area contributed by atoms with Crippen molar-refractivity contribution in [1.82, 2.24) is 19.1 Å². The first-order valence-corrected chi connectivity index (χ1v) is 22.9. The molecule has 10 heteroatoms. The van der Waals surface area contributed by atoms with E-state index in [1.54, 1.807) is 12.1 Å². The lowest BCUT2D eigenvalue weighted by molar-refractivity contribution is -0.138. The fraction of sp³-hybridized carbons (Fsp3) is 0.138. The van der Waals surface area contributed by atoms with E-state index in [1.807, 2.05) is 72.8 Å². The van der Waals surface area contributed by atoms with Crippen LogP contribution in [0.2, 0.25) is 0 Å². The van der Waals surface area contributed by atoms with Crippen LogP contribution in [-0.2, 0) is 9.59 Å². The van der Waals surface area contributed by atoms with E-state index in [-0.39, 0.29) is 38.1 Å². The zero-order valence-electron chi connectivity index (χ0n) is 39.0. The van der Waals surface area contributed by atoms with Crippen molar-refractivity contribution in [3.63, 3.8) is 0 Å². The number of nitrogens with zero attached hydrogens (tertiary/aromatic N) is 4. The number of hydrogen-bond donors (Lipinski definition) is 2. The van der Waals surface area contributed by atoms with Crippen LogP contribution in [0, 0.1) is 0 Å². The molecule has 11 rings (SSSR count). The highest BCUT2D eigenvalue weighted by molar-refractivity contribution is 6.12. The van der Waals surface area contributed by atoms with E-state index in [4.69, 9.17) is 19.4 Å². The second kappa shape index (κ2) is 18.1. The van der Waals surface area contributed by atoms with Gasteiger partial charge in [-0.2, -0.15) is 0 Å². The molecular weight excluding hydrogens is 849 g/mol. The summed E-state index contributed by atoms with van der Waals surface area (Å²) in [6.07, 6.45) is 2.12. The van der Waals surface area contributed by atoms with Gasteiger partial charge in [0.15, 0.2) is 0 Å². The van der Waals surface area contributed by atoms with Gasteiger partial charge in [-0.25, -0.2) is 9.97 Å². The molecule has 3 aromatic heterocycles. The third kappa shape index (κ3) is 8.00. The molecule has 0 spiro atoms. The minimum Gasteiger partial charge on any atom is -0.494 e. The normalized spacial score (nSPS) is 12.1. The van der Waals surface area contributed by atoms with Crippen molar-refractivity contribution >= 4 is 55.6 Å². The molecule has 2 aliphatic rings. The van der Waals surface area contributed by atoms with Crippen molar-refractivity contribution in [3.8, 4) is 67.9 Å². The summed E-state index contributed by atoms with van der Waals surface area (Å²) in [5.74, 6) is -0.912. The van der Waals surface area contributed by atoms with Gasteiger partial charge < -0.3 is 28.8 Å². The lowest BCUT2D eigenvalue weighted by Crippen LogP contribution is -2.01. The molecule has 334 valence electrons. The summed E-state index contributed by atoms with van der Waals surface area (Å²) < 4.78 is 35.9. The maximum absolute atomic E-state index is 11.2. The monoisotopic (exact) mass is 896 g/mol. The largest absolute Gasteiger partial charge is 0.494 e. The van der Waals surface area contributed by atoms with E-state index in [0.717, 1.165) is 88.6 Å². The van der Waals surface area contributed by atoms with Crippen LogP contribution in [0.3, 0.4) is 0 Å². The van der Waals surface area contributed by atoms with Crippen molar-refractivity contribution < 1.29 is 32.0 Å². The van der Waals surface area contributed by atoms with E-state index >= 15 is 0 Å². The fourth-order valence-corrected chi connectivity index (χ4v) is 9.43. The Balaban J connectivity index is 1.23. The number of aromatic nitrogens is 4.